The minimum atomic E-state index is -3.65. The summed E-state index contributed by atoms with van der Waals surface area (Å²) in [6.07, 6.45) is 2.62. The van der Waals surface area contributed by atoms with E-state index in [0.717, 1.165) is 19.1 Å². The van der Waals surface area contributed by atoms with Gasteiger partial charge in [-0.05, 0) is 25.0 Å². The van der Waals surface area contributed by atoms with Crippen LogP contribution in [-0.4, -0.2) is 38.9 Å². The summed E-state index contributed by atoms with van der Waals surface area (Å²) in [6, 6.07) is 4.26. The van der Waals surface area contributed by atoms with Gasteiger partial charge in [0.2, 0.25) is 0 Å². The summed E-state index contributed by atoms with van der Waals surface area (Å²) in [6.45, 7) is 1.31. The molecule has 1 fully saturated rings. The number of nitro groups is 1. The van der Waals surface area contributed by atoms with E-state index < -0.39 is 20.4 Å². The lowest BCUT2D eigenvalue weighted by Gasteiger charge is -2.24. The normalized spacial score (nSPS) is 16.9. The first kappa shape index (κ1) is 14.7. The Bertz CT molecular complexity index is 608. The highest BCUT2D eigenvalue weighted by atomic mass is 32.2. The van der Waals surface area contributed by atoms with Crippen molar-refractivity contribution < 1.29 is 18.1 Å². The predicted octanol–water partition coefficient (Wildman–Crippen LogP) is 1.59. The third kappa shape index (κ3) is 3.45. The van der Waals surface area contributed by atoms with Crippen LogP contribution >= 0.6 is 0 Å². The van der Waals surface area contributed by atoms with Crippen molar-refractivity contribution in [3.8, 4) is 0 Å². The highest BCUT2D eigenvalue weighted by Gasteiger charge is 2.23. The van der Waals surface area contributed by atoms with E-state index >= 15 is 0 Å². The predicted molar refractivity (Wildman–Crippen MR) is 73.7 cm³/mol. The summed E-state index contributed by atoms with van der Waals surface area (Å²) in [5.41, 5.74) is 0.174. The molecule has 0 saturated carbocycles. The highest BCUT2D eigenvalue weighted by molar-refractivity contribution is 7.90. The van der Waals surface area contributed by atoms with E-state index in [-0.39, 0.29) is 10.9 Å². The van der Waals surface area contributed by atoms with Crippen LogP contribution in [0.15, 0.2) is 23.1 Å². The van der Waals surface area contributed by atoms with Crippen molar-refractivity contribution in [1.82, 2.24) is 0 Å². The Hall–Kier alpha value is -1.67. The lowest BCUT2D eigenvalue weighted by Crippen LogP contribution is -2.27. The number of ether oxygens (including phenoxy) is 1. The molecule has 8 heteroatoms. The van der Waals surface area contributed by atoms with Crippen LogP contribution in [0.1, 0.15) is 12.8 Å². The highest BCUT2D eigenvalue weighted by Crippen LogP contribution is 2.28. The first-order chi connectivity index (χ1) is 9.38. The molecule has 1 aromatic carbocycles. The van der Waals surface area contributed by atoms with Gasteiger partial charge in [0.25, 0.3) is 5.69 Å². The number of nitrogens with one attached hydrogen (secondary N) is 1. The molecule has 0 aromatic heterocycles. The zero-order valence-electron chi connectivity index (χ0n) is 11.0. The van der Waals surface area contributed by atoms with E-state index in [1.54, 1.807) is 0 Å². The van der Waals surface area contributed by atoms with Crippen molar-refractivity contribution in [2.24, 2.45) is 0 Å². The van der Waals surface area contributed by atoms with Gasteiger partial charge in [-0.3, -0.25) is 10.1 Å². The average molecular weight is 300 g/mol. The molecule has 1 aliphatic heterocycles. The second-order valence-corrected chi connectivity index (χ2v) is 6.73. The second kappa shape index (κ2) is 5.76. The molecule has 1 aliphatic rings. The molecule has 1 aromatic rings. The molecule has 0 bridgehead atoms. The Morgan fingerprint density at radius 3 is 2.55 bits per heavy atom. The van der Waals surface area contributed by atoms with Crippen LogP contribution < -0.4 is 5.32 Å². The van der Waals surface area contributed by atoms with Crippen molar-refractivity contribution in [3.05, 3.63) is 28.3 Å². The molecule has 0 unspecified atom stereocenters. The summed E-state index contributed by atoms with van der Waals surface area (Å²) in [5, 5.41) is 14.1. The van der Waals surface area contributed by atoms with Gasteiger partial charge >= 0.3 is 0 Å². The van der Waals surface area contributed by atoms with Gasteiger partial charge in [-0.25, -0.2) is 8.42 Å². The molecular formula is C12H16N2O5S. The van der Waals surface area contributed by atoms with E-state index in [2.05, 4.69) is 5.32 Å². The van der Waals surface area contributed by atoms with Crippen molar-refractivity contribution in [3.63, 3.8) is 0 Å². The van der Waals surface area contributed by atoms with E-state index in [9.17, 15) is 18.5 Å². The maximum atomic E-state index is 11.7. The molecule has 110 valence electrons. The quantitative estimate of drug-likeness (QED) is 0.669. The van der Waals surface area contributed by atoms with Crippen LogP contribution in [0.3, 0.4) is 0 Å². The second-order valence-electron chi connectivity index (χ2n) is 4.74. The van der Waals surface area contributed by atoms with E-state index in [1.165, 1.54) is 18.2 Å². The molecule has 7 nitrogen and oxygen atoms in total. The zero-order chi connectivity index (χ0) is 14.8. The van der Waals surface area contributed by atoms with E-state index in [0.29, 0.717) is 18.9 Å². The van der Waals surface area contributed by atoms with Crippen LogP contribution in [0.5, 0.6) is 0 Å². The minimum absolute atomic E-state index is 0.192. The third-order valence-electron chi connectivity index (χ3n) is 3.15. The van der Waals surface area contributed by atoms with Gasteiger partial charge < -0.3 is 10.1 Å². The van der Waals surface area contributed by atoms with Gasteiger partial charge in [-0.15, -0.1) is 0 Å². The summed E-state index contributed by atoms with van der Waals surface area (Å²) in [5.74, 6) is 0. The molecule has 1 heterocycles. The Labute approximate surface area is 117 Å². The van der Waals surface area contributed by atoms with E-state index in [4.69, 9.17) is 4.74 Å². The van der Waals surface area contributed by atoms with Crippen LogP contribution in [0.25, 0.3) is 0 Å². The van der Waals surface area contributed by atoms with Gasteiger partial charge in [0.05, 0.1) is 4.92 Å². The van der Waals surface area contributed by atoms with E-state index in [1.807, 2.05) is 0 Å². The fourth-order valence-electron chi connectivity index (χ4n) is 2.13. The molecule has 0 spiro atoms. The van der Waals surface area contributed by atoms with Crippen molar-refractivity contribution in [2.75, 3.05) is 24.8 Å². The van der Waals surface area contributed by atoms with Crippen LogP contribution in [0, 0.1) is 10.1 Å². The summed E-state index contributed by atoms with van der Waals surface area (Å²) in [4.78, 5) is 9.92. The lowest BCUT2D eigenvalue weighted by molar-refractivity contribution is -0.387. The fraction of sp³-hybridized carbons (Fsp3) is 0.500. The van der Waals surface area contributed by atoms with Gasteiger partial charge in [0, 0.05) is 37.3 Å². The molecule has 1 N–H and O–H groups in total. The molecule has 0 aliphatic carbocycles. The summed E-state index contributed by atoms with van der Waals surface area (Å²) >= 11 is 0. The lowest BCUT2D eigenvalue weighted by atomic mass is 10.1. The Kier molecular flexibility index (Phi) is 4.24. The minimum Gasteiger partial charge on any atom is -0.382 e. The number of rotatable bonds is 4. The van der Waals surface area contributed by atoms with Gasteiger partial charge in [0.15, 0.2) is 9.84 Å². The third-order valence-corrected chi connectivity index (χ3v) is 4.27. The van der Waals surface area contributed by atoms with Crippen molar-refractivity contribution in [1.29, 1.82) is 0 Å². The maximum Gasteiger partial charge on any atom is 0.288 e. The van der Waals surface area contributed by atoms with Crippen LogP contribution in [-0.2, 0) is 14.6 Å². The molecule has 0 atom stereocenters. The topological polar surface area (TPSA) is 98.5 Å². The number of nitro benzene ring substituents is 1. The Balaban J connectivity index is 2.29. The number of hydrogen-bond donors (Lipinski definition) is 1. The fourth-order valence-corrected chi connectivity index (χ4v) is 2.99. The standard InChI is InChI=1S/C12H16N2O5S/c1-20(17,18)12-8-10(2-3-11(12)14(15)16)13-9-4-6-19-7-5-9/h2-3,8-9,13H,4-7H2,1H3. The van der Waals surface area contributed by atoms with Gasteiger partial charge in [-0.2, -0.15) is 0 Å². The first-order valence-electron chi connectivity index (χ1n) is 6.21. The SMILES string of the molecule is CS(=O)(=O)c1cc(NC2CCOCC2)ccc1[N+](=O)[O-]. The largest absolute Gasteiger partial charge is 0.382 e. The average Bonchev–Trinajstić information content (AvgIpc) is 2.38. The molecule has 20 heavy (non-hydrogen) atoms. The molecular weight excluding hydrogens is 284 g/mol. The van der Waals surface area contributed by atoms with Crippen LogP contribution in [0.2, 0.25) is 0 Å². The van der Waals surface area contributed by atoms with Gasteiger partial charge in [0.1, 0.15) is 4.90 Å². The van der Waals surface area contributed by atoms with Crippen LogP contribution in [0.4, 0.5) is 11.4 Å². The summed E-state index contributed by atoms with van der Waals surface area (Å²) in [7, 11) is -3.65. The molecule has 0 radical (unpaired) electrons. The first-order valence-corrected chi connectivity index (χ1v) is 8.10. The molecule has 1 saturated heterocycles. The molecule has 0 amide bonds. The van der Waals surface area contributed by atoms with Crippen molar-refractivity contribution >= 4 is 21.2 Å². The Morgan fingerprint density at radius 1 is 1.35 bits per heavy atom. The number of nitrogens with zero attached hydrogens (tertiary/aromatic N) is 1. The Morgan fingerprint density at radius 2 is 2.00 bits per heavy atom. The number of benzene rings is 1. The van der Waals surface area contributed by atoms with Crippen molar-refractivity contribution in [2.45, 2.75) is 23.8 Å². The maximum absolute atomic E-state index is 11.7. The monoisotopic (exact) mass is 300 g/mol. The zero-order valence-corrected chi connectivity index (χ0v) is 11.9. The number of hydrogen-bond acceptors (Lipinski definition) is 6. The number of sulfone groups is 1. The smallest absolute Gasteiger partial charge is 0.288 e. The molecule has 2 rings (SSSR count). The van der Waals surface area contributed by atoms with Gasteiger partial charge in [-0.1, -0.05) is 0 Å². The number of anilines is 1. The summed E-state index contributed by atoms with van der Waals surface area (Å²) < 4.78 is 28.5.